The number of carbonyl (C=O) groups is 1. The van der Waals surface area contributed by atoms with E-state index in [4.69, 9.17) is 5.73 Å². The molecule has 3 nitrogen and oxygen atoms in total. The van der Waals surface area contributed by atoms with Crippen molar-refractivity contribution in [1.29, 1.82) is 0 Å². The number of hydrogen-bond donors (Lipinski definition) is 1. The van der Waals surface area contributed by atoms with Crippen LogP contribution in [-0.4, -0.2) is 10.5 Å². The lowest BCUT2D eigenvalue weighted by Crippen LogP contribution is -2.31. The summed E-state index contributed by atoms with van der Waals surface area (Å²) in [6.07, 6.45) is -3.55. The molecule has 6 heteroatoms. The van der Waals surface area contributed by atoms with Crippen LogP contribution in [0, 0.1) is 5.92 Å². The Labute approximate surface area is 109 Å². The zero-order chi connectivity index (χ0) is 14.4. The molecule has 0 fully saturated rings. The third-order valence-corrected chi connectivity index (χ3v) is 3.64. The normalized spacial score (nSPS) is 19.6. The van der Waals surface area contributed by atoms with E-state index < -0.39 is 17.6 Å². The second-order valence-corrected chi connectivity index (χ2v) is 5.33. The van der Waals surface area contributed by atoms with E-state index >= 15 is 0 Å². The molecule has 1 aromatic heterocycles. The number of rotatable bonds is 2. The standard InChI is InChI=1S/C13H17F3N2O/c1-7(2)11-10(13(14,15)16)6-9-5-8(12(17)19)3-4-18(9)11/h6-8H,3-5H2,1-2H3,(H2,17,19). The SMILES string of the molecule is CC(C)c1c(C(F)(F)F)cc2n1CCC(C(N)=O)C2. The van der Waals surface area contributed by atoms with E-state index in [1.165, 1.54) is 6.07 Å². The lowest BCUT2D eigenvalue weighted by atomic mass is 9.95. The van der Waals surface area contributed by atoms with E-state index in [-0.39, 0.29) is 11.8 Å². The monoisotopic (exact) mass is 274 g/mol. The minimum atomic E-state index is -4.35. The Morgan fingerprint density at radius 3 is 2.58 bits per heavy atom. The summed E-state index contributed by atoms with van der Waals surface area (Å²) in [5.74, 6) is -1.01. The molecular formula is C13H17F3N2O. The molecule has 1 atom stereocenters. The Hall–Kier alpha value is -1.46. The number of amides is 1. The van der Waals surface area contributed by atoms with Crippen LogP contribution in [0.4, 0.5) is 13.2 Å². The summed E-state index contributed by atoms with van der Waals surface area (Å²) in [5.41, 5.74) is 5.54. The number of nitrogens with two attached hydrogens (primary N) is 1. The molecule has 1 aliphatic heterocycles. The number of hydrogen-bond acceptors (Lipinski definition) is 1. The first kappa shape index (κ1) is 14.0. The van der Waals surface area contributed by atoms with Gasteiger partial charge in [0.05, 0.1) is 5.56 Å². The van der Waals surface area contributed by atoms with Crippen LogP contribution in [0.3, 0.4) is 0 Å². The molecule has 0 aromatic carbocycles. The maximum absolute atomic E-state index is 13.0. The van der Waals surface area contributed by atoms with Crippen molar-refractivity contribution in [2.24, 2.45) is 11.7 Å². The summed E-state index contributed by atoms with van der Waals surface area (Å²) in [6.45, 7) is 3.92. The first-order chi connectivity index (χ1) is 8.71. The van der Waals surface area contributed by atoms with Gasteiger partial charge in [-0.1, -0.05) is 13.8 Å². The number of primary amides is 1. The van der Waals surface area contributed by atoms with Crippen molar-refractivity contribution < 1.29 is 18.0 Å². The Morgan fingerprint density at radius 2 is 2.11 bits per heavy atom. The van der Waals surface area contributed by atoms with Gasteiger partial charge >= 0.3 is 6.18 Å². The van der Waals surface area contributed by atoms with Crippen molar-refractivity contribution in [2.75, 3.05) is 0 Å². The lowest BCUT2D eigenvalue weighted by Gasteiger charge is -2.25. The van der Waals surface area contributed by atoms with Gasteiger partial charge in [0.1, 0.15) is 0 Å². The smallest absolute Gasteiger partial charge is 0.369 e. The van der Waals surface area contributed by atoms with E-state index in [2.05, 4.69) is 0 Å². The summed E-state index contributed by atoms with van der Waals surface area (Å²) in [7, 11) is 0. The minimum Gasteiger partial charge on any atom is -0.369 e. The van der Waals surface area contributed by atoms with Crippen molar-refractivity contribution in [2.45, 2.75) is 45.3 Å². The Balaban J connectivity index is 2.48. The fourth-order valence-electron chi connectivity index (χ4n) is 2.78. The molecule has 0 bridgehead atoms. The average Bonchev–Trinajstić information content (AvgIpc) is 2.66. The number of halogens is 3. The highest BCUT2D eigenvalue weighted by molar-refractivity contribution is 5.77. The quantitative estimate of drug-likeness (QED) is 0.885. The van der Waals surface area contributed by atoms with Gasteiger partial charge in [-0.2, -0.15) is 13.2 Å². The molecule has 2 N–H and O–H groups in total. The van der Waals surface area contributed by atoms with Crippen LogP contribution in [0.2, 0.25) is 0 Å². The number of alkyl halides is 3. The van der Waals surface area contributed by atoms with Gasteiger partial charge < -0.3 is 10.3 Å². The average molecular weight is 274 g/mol. The van der Waals surface area contributed by atoms with Crippen LogP contribution in [0.5, 0.6) is 0 Å². The molecule has 0 saturated heterocycles. The lowest BCUT2D eigenvalue weighted by molar-refractivity contribution is -0.138. The number of carbonyl (C=O) groups excluding carboxylic acids is 1. The van der Waals surface area contributed by atoms with E-state index in [0.717, 1.165) is 0 Å². The van der Waals surface area contributed by atoms with Gasteiger partial charge in [0, 0.05) is 23.9 Å². The van der Waals surface area contributed by atoms with E-state index in [9.17, 15) is 18.0 Å². The minimum absolute atomic E-state index is 0.212. The van der Waals surface area contributed by atoms with Gasteiger partial charge in [0.15, 0.2) is 0 Å². The first-order valence-electron chi connectivity index (χ1n) is 6.30. The molecule has 0 spiro atoms. The summed E-state index contributed by atoms with van der Waals surface area (Å²) in [5, 5.41) is 0. The van der Waals surface area contributed by atoms with Gasteiger partial charge in [-0.15, -0.1) is 0 Å². The summed E-state index contributed by atoms with van der Waals surface area (Å²) >= 11 is 0. The third-order valence-electron chi connectivity index (χ3n) is 3.64. The molecule has 2 heterocycles. The Kier molecular flexibility index (Phi) is 3.36. The maximum atomic E-state index is 13.0. The summed E-state index contributed by atoms with van der Waals surface area (Å²) in [6, 6.07) is 1.17. The van der Waals surface area contributed by atoms with Gasteiger partial charge in [-0.25, -0.2) is 0 Å². The molecule has 19 heavy (non-hydrogen) atoms. The fraction of sp³-hybridized carbons (Fsp3) is 0.615. The summed E-state index contributed by atoms with van der Waals surface area (Å²) < 4.78 is 40.8. The molecule has 1 aromatic rings. The predicted octanol–water partition coefficient (Wildman–Crippen LogP) is 2.68. The van der Waals surface area contributed by atoms with Crippen LogP contribution < -0.4 is 5.73 Å². The molecular weight excluding hydrogens is 257 g/mol. The zero-order valence-corrected chi connectivity index (χ0v) is 10.9. The van der Waals surface area contributed by atoms with Crippen LogP contribution in [0.1, 0.15) is 43.1 Å². The zero-order valence-electron chi connectivity index (χ0n) is 10.9. The molecule has 0 radical (unpaired) electrons. The van der Waals surface area contributed by atoms with Crippen molar-refractivity contribution in [1.82, 2.24) is 4.57 Å². The van der Waals surface area contributed by atoms with Crippen molar-refractivity contribution in [3.8, 4) is 0 Å². The van der Waals surface area contributed by atoms with Gasteiger partial charge in [0.2, 0.25) is 5.91 Å². The van der Waals surface area contributed by atoms with Crippen LogP contribution in [0.25, 0.3) is 0 Å². The van der Waals surface area contributed by atoms with Crippen LogP contribution in [0.15, 0.2) is 6.07 Å². The van der Waals surface area contributed by atoms with E-state index in [0.29, 0.717) is 30.8 Å². The second kappa shape index (κ2) is 4.58. The van der Waals surface area contributed by atoms with Crippen molar-refractivity contribution in [3.63, 3.8) is 0 Å². The largest absolute Gasteiger partial charge is 0.418 e. The summed E-state index contributed by atoms with van der Waals surface area (Å²) in [4.78, 5) is 11.2. The fourth-order valence-corrected chi connectivity index (χ4v) is 2.78. The second-order valence-electron chi connectivity index (χ2n) is 5.33. The Bertz CT molecular complexity index is 503. The van der Waals surface area contributed by atoms with Crippen LogP contribution >= 0.6 is 0 Å². The molecule has 1 amide bonds. The molecule has 2 rings (SSSR count). The van der Waals surface area contributed by atoms with Gasteiger partial charge in [-0.3, -0.25) is 4.79 Å². The number of nitrogens with zero attached hydrogens (tertiary/aromatic N) is 1. The highest BCUT2D eigenvalue weighted by Gasteiger charge is 2.39. The first-order valence-corrected chi connectivity index (χ1v) is 6.30. The molecule has 1 unspecified atom stereocenters. The topological polar surface area (TPSA) is 48.0 Å². The highest BCUT2D eigenvalue weighted by atomic mass is 19.4. The van der Waals surface area contributed by atoms with Crippen molar-refractivity contribution >= 4 is 5.91 Å². The van der Waals surface area contributed by atoms with E-state index in [1.807, 2.05) is 0 Å². The molecule has 106 valence electrons. The number of fused-ring (bicyclic) bond motifs is 1. The van der Waals surface area contributed by atoms with Gasteiger partial charge in [-0.05, 0) is 24.8 Å². The predicted molar refractivity (Wildman–Crippen MR) is 64.5 cm³/mol. The van der Waals surface area contributed by atoms with E-state index in [1.54, 1.807) is 18.4 Å². The maximum Gasteiger partial charge on any atom is 0.418 e. The van der Waals surface area contributed by atoms with Crippen LogP contribution in [-0.2, 0) is 23.9 Å². The Morgan fingerprint density at radius 1 is 1.47 bits per heavy atom. The van der Waals surface area contributed by atoms with Gasteiger partial charge in [0.25, 0.3) is 0 Å². The highest BCUT2D eigenvalue weighted by Crippen LogP contribution is 2.39. The number of aromatic nitrogens is 1. The molecule has 1 aliphatic rings. The molecule has 0 aliphatic carbocycles. The van der Waals surface area contributed by atoms with Crippen molar-refractivity contribution in [3.05, 3.63) is 23.0 Å². The third kappa shape index (κ3) is 2.48. The molecule has 0 saturated carbocycles.